The van der Waals surface area contributed by atoms with Gasteiger partial charge in [-0.25, -0.2) is 8.42 Å². The van der Waals surface area contributed by atoms with E-state index in [0.717, 1.165) is 11.1 Å². The fraction of sp³-hybridized carbons (Fsp3) is 0.136. The maximum atomic E-state index is 12.5. The van der Waals surface area contributed by atoms with E-state index < -0.39 is 10.0 Å². The van der Waals surface area contributed by atoms with Crippen LogP contribution in [0.5, 0.6) is 0 Å². The first-order valence-corrected chi connectivity index (χ1v) is 10.9. The van der Waals surface area contributed by atoms with Gasteiger partial charge >= 0.3 is 0 Å². The van der Waals surface area contributed by atoms with Gasteiger partial charge in [0.1, 0.15) is 0 Å². The molecular formula is C22H21ClN2O3S. The lowest BCUT2D eigenvalue weighted by Crippen LogP contribution is -2.26. The van der Waals surface area contributed by atoms with Gasteiger partial charge in [0.25, 0.3) is 15.9 Å². The van der Waals surface area contributed by atoms with Gasteiger partial charge in [-0.1, -0.05) is 41.4 Å². The zero-order chi connectivity index (χ0) is 21.0. The molecule has 2 N–H and O–H groups in total. The fourth-order valence-electron chi connectivity index (χ4n) is 2.74. The van der Waals surface area contributed by atoms with Gasteiger partial charge in [0.15, 0.2) is 0 Å². The number of aryl methyl sites for hydroxylation is 1. The monoisotopic (exact) mass is 428 g/mol. The summed E-state index contributed by atoms with van der Waals surface area (Å²) in [6.45, 7) is 3.92. The van der Waals surface area contributed by atoms with Gasteiger partial charge in [0.2, 0.25) is 0 Å². The Bertz CT molecular complexity index is 1090. The summed E-state index contributed by atoms with van der Waals surface area (Å²) in [6, 6.07) is 20.0. The lowest BCUT2D eigenvalue weighted by Gasteiger charge is -2.15. The second-order valence-electron chi connectivity index (χ2n) is 6.74. The molecule has 1 amide bonds. The van der Waals surface area contributed by atoms with E-state index in [9.17, 15) is 13.2 Å². The Kier molecular flexibility index (Phi) is 6.25. The van der Waals surface area contributed by atoms with E-state index in [0.29, 0.717) is 16.3 Å². The maximum Gasteiger partial charge on any atom is 0.261 e. The van der Waals surface area contributed by atoms with Crippen molar-refractivity contribution in [1.82, 2.24) is 5.32 Å². The summed E-state index contributed by atoms with van der Waals surface area (Å²) in [4.78, 5) is 12.6. The molecule has 0 spiro atoms. The molecule has 0 heterocycles. The highest BCUT2D eigenvalue weighted by Crippen LogP contribution is 2.19. The van der Waals surface area contributed by atoms with E-state index >= 15 is 0 Å². The molecule has 0 saturated carbocycles. The number of nitrogens with one attached hydrogen (secondary N) is 2. The molecule has 150 valence electrons. The SMILES string of the molecule is Cc1ccc([C@@H](C)NC(=O)c2ccc(NS(=O)(=O)c3ccc(Cl)cc3)cc2)cc1. The van der Waals surface area contributed by atoms with Crippen LogP contribution in [0.1, 0.15) is 34.5 Å². The highest BCUT2D eigenvalue weighted by atomic mass is 35.5. The van der Waals surface area contributed by atoms with Crippen molar-refractivity contribution in [1.29, 1.82) is 0 Å². The molecule has 3 rings (SSSR count). The molecule has 5 nitrogen and oxygen atoms in total. The van der Waals surface area contributed by atoms with E-state index in [2.05, 4.69) is 10.0 Å². The quantitative estimate of drug-likeness (QED) is 0.583. The first-order valence-electron chi connectivity index (χ1n) is 9.00. The van der Waals surface area contributed by atoms with Crippen LogP contribution in [-0.2, 0) is 10.0 Å². The van der Waals surface area contributed by atoms with Crippen LogP contribution in [0.4, 0.5) is 5.69 Å². The highest BCUT2D eigenvalue weighted by molar-refractivity contribution is 7.92. The second kappa shape index (κ2) is 8.68. The number of hydrogen-bond donors (Lipinski definition) is 2. The van der Waals surface area contributed by atoms with Crippen LogP contribution in [-0.4, -0.2) is 14.3 Å². The third kappa shape index (κ3) is 5.37. The molecule has 0 fully saturated rings. The van der Waals surface area contributed by atoms with Crippen LogP contribution >= 0.6 is 11.6 Å². The Morgan fingerprint density at radius 3 is 2.07 bits per heavy atom. The number of hydrogen-bond acceptors (Lipinski definition) is 3. The molecule has 0 unspecified atom stereocenters. The van der Waals surface area contributed by atoms with Crippen molar-refractivity contribution in [3.8, 4) is 0 Å². The molecule has 0 aliphatic carbocycles. The van der Waals surface area contributed by atoms with Crippen LogP contribution in [0.3, 0.4) is 0 Å². The highest BCUT2D eigenvalue weighted by Gasteiger charge is 2.15. The number of amides is 1. The lowest BCUT2D eigenvalue weighted by molar-refractivity contribution is 0.0940. The molecule has 7 heteroatoms. The number of benzene rings is 3. The number of carbonyl (C=O) groups is 1. The minimum Gasteiger partial charge on any atom is -0.346 e. The average molecular weight is 429 g/mol. The normalized spacial score (nSPS) is 12.2. The molecule has 29 heavy (non-hydrogen) atoms. The second-order valence-corrected chi connectivity index (χ2v) is 8.86. The van der Waals surface area contributed by atoms with Gasteiger partial charge in [0, 0.05) is 16.3 Å². The van der Waals surface area contributed by atoms with Crippen LogP contribution in [0.2, 0.25) is 5.02 Å². The van der Waals surface area contributed by atoms with Crippen molar-refractivity contribution in [3.05, 3.63) is 94.5 Å². The summed E-state index contributed by atoms with van der Waals surface area (Å²) >= 11 is 5.80. The van der Waals surface area contributed by atoms with Crippen LogP contribution in [0.25, 0.3) is 0 Å². The van der Waals surface area contributed by atoms with Crippen LogP contribution < -0.4 is 10.0 Å². The predicted octanol–water partition coefficient (Wildman–Crippen LogP) is 4.94. The molecular weight excluding hydrogens is 408 g/mol. The largest absolute Gasteiger partial charge is 0.346 e. The smallest absolute Gasteiger partial charge is 0.261 e. The number of rotatable bonds is 6. The third-order valence-electron chi connectivity index (χ3n) is 4.45. The van der Waals surface area contributed by atoms with Crippen molar-refractivity contribution >= 4 is 33.2 Å². The standard InChI is InChI=1S/C22H21ClN2O3S/c1-15-3-5-17(6-4-15)16(2)24-22(26)18-7-11-20(12-8-18)25-29(27,28)21-13-9-19(23)10-14-21/h3-14,16,25H,1-2H3,(H,24,26)/t16-/m1/s1. The van der Waals surface area contributed by atoms with Crippen LogP contribution in [0, 0.1) is 6.92 Å². The minimum atomic E-state index is -3.73. The summed E-state index contributed by atoms with van der Waals surface area (Å²) in [6.07, 6.45) is 0. The molecule has 0 aliphatic rings. The van der Waals surface area contributed by atoms with Crippen molar-refractivity contribution in [2.24, 2.45) is 0 Å². The number of halogens is 1. The van der Waals surface area contributed by atoms with Gasteiger partial charge in [-0.15, -0.1) is 0 Å². The van der Waals surface area contributed by atoms with Crippen molar-refractivity contribution in [3.63, 3.8) is 0 Å². The van der Waals surface area contributed by atoms with Gasteiger partial charge < -0.3 is 5.32 Å². The minimum absolute atomic E-state index is 0.107. The van der Waals surface area contributed by atoms with Crippen molar-refractivity contribution < 1.29 is 13.2 Å². The molecule has 0 aromatic heterocycles. The van der Waals surface area contributed by atoms with E-state index in [-0.39, 0.29) is 16.8 Å². The number of sulfonamides is 1. The Balaban J connectivity index is 1.67. The summed E-state index contributed by atoms with van der Waals surface area (Å²) < 4.78 is 27.3. The van der Waals surface area contributed by atoms with E-state index in [1.54, 1.807) is 24.3 Å². The zero-order valence-corrected chi connectivity index (χ0v) is 17.6. The average Bonchev–Trinajstić information content (AvgIpc) is 2.69. The summed E-state index contributed by atoms with van der Waals surface area (Å²) in [5, 5.41) is 3.40. The first kappa shape index (κ1) is 20.9. The van der Waals surface area contributed by atoms with Crippen molar-refractivity contribution in [2.45, 2.75) is 24.8 Å². The molecule has 0 saturated heterocycles. The first-order chi connectivity index (χ1) is 13.7. The zero-order valence-electron chi connectivity index (χ0n) is 16.0. The van der Waals surface area contributed by atoms with E-state index in [4.69, 9.17) is 11.6 Å². The predicted molar refractivity (Wildman–Crippen MR) is 116 cm³/mol. The molecule has 0 radical (unpaired) electrons. The Morgan fingerprint density at radius 1 is 0.897 bits per heavy atom. The van der Waals surface area contributed by atoms with Gasteiger partial charge in [-0.05, 0) is 67.9 Å². The van der Waals surface area contributed by atoms with Crippen molar-refractivity contribution in [2.75, 3.05) is 4.72 Å². The van der Waals surface area contributed by atoms with E-state index in [1.807, 2.05) is 38.1 Å². The lowest BCUT2D eigenvalue weighted by atomic mass is 10.1. The fourth-order valence-corrected chi connectivity index (χ4v) is 3.92. The molecule has 3 aromatic rings. The van der Waals surface area contributed by atoms with Crippen LogP contribution in [0.15, 0.2) is 77.7 Å². The molecule has 3 aromatic carbocycles. The Morgan fingerprint density at radius 2 is 1.48 bits per heavy atom. The van der Waals surface area contributed by atoms with Gasteiger partial charge in [0.05, 0.1) is 10.9 Å². The van der Waals surface area contributed by atoms with E-state index in [1.165, 1.54) is 24.3 Å². The Hall–Kier alpha value is -2.83. The number of anilines is 1. The van der Waals surface area contributed by atoms with Gasteiger partial charge in [-0.3, -0.25) is 9.52 Å². The Labute approximate surface area is 175 Å². The van der Waals surface area contributed by atoms with Gasteiger partial charge in [-0.2, -0.15) is 0 Å². The third-order valence-corrected chi connectivity index (χ3v) is 6.10. The number of carbonyl (C=O) groups excluding carboxylic acids is 1. The molecule has 0 aliphatic heterocycles. The summed E-state index contributed by atoms with van der Waals surface area (Å²) in [5.41, 5.74) is 2.97. The molecule has 1 atom stereocenters. The summed E-state index contributed by atoms with van der Waals surface area (Å²) in [7, 11) is -3.73. The summed E-state index contributed by atoms with van der Waals surface area (Å²) in [5.74, 6) is -0.231. The molecule has 0 bridgehead atoms. The maximum absolute atomic E-state index is 12.5. The topological polar surface area (TPSA) is 75.3 Å².